The first kappa shape index (κ1) is 19.0. The lowest BCUT2D eigenvalue weighted by Gasteiger charge is -2.27. The third-order valence-corrected chi connectivity index (χ3v) is 3.49. The summed E-state index contributed by atoms with van der Waals surface area (Å²) in [4.78, 5) is 35.5. The van der Waals surface area contributed by atoms with Gasteiger partial charge in [0.25, 0.3) is 0 Å². The van der Waals surface area contributed by atoms with E-state index in [4.69, 9.17) is 14.2 Å². The van der Waals surface area contributed by atoms with Crippen LogP contribution in [0.15, 0.2) is 12.2 Å². The number of alkyl carbamates (subject to hydrolysis) is 1. The molecule has 1 N–H and O–H groups in total. The predicted octanol–water partition coefficient (Wildman–Crippen LogP) is 1.81. The van der Waals surface area contributed by atoms with E-state index in [2.05, 4.69) is 5.32 Å². The lowest BCUT2D eigenvalue weighted by atomic mass is 9.83. The molecule has 0 aliphatic heterocycles. The van der Waals surface area contributed by atoms with Crippen LogP contribution in [0.1, 0.15) is 33.6 Å². The number of amides is 1. The van der Waals surface area contributed by atoms with Gasteiger partial charge in [-0.2, -0.15) is 0 Å². The fourth-order valence-electron chi connectivity index (χ4n) is 2.47. The van der Waals surface area contributed by atoms with Gasteiger partial charge in [0.15, 0.2) is 5.92 Å². The van der Waals surface area contributed by atoms with Crippen LogP contribution in [0.25, 0.3) is 0 Å². The molecule has 23 heavy (non-hydrogen) atoms. The molecule has 0 radical (unpaired) electrons. The molecule has 130 valence electrons. The highest BCUT2D eigenvalue weighted by atomic mass is 16.6. The Kier molecular flexibility index (Phi) is 8.15. The van der Waals surface area contributed by atoms with E-state index in [0.717, 1.165) is 0 Å². The normalized spacial score (nSPS) is 20.0. The molecule has 0 saturated heterocycles. The first-order valence-corrected chi connectivity index (χ1v) is 7.98. The molecule has 1 aliphatic carbocycles. The zero-order chi connectivity index (χ0) is 17.2. The smallest absolute Gasteiger partial charge is 0.407 e. The van der Waals surface area contributed by atoms with Crippen LogP contribution in [-0.2, 0) is 23.8 Å². The summed E-state index contributed by atoms with van der Waals surface area (Å²) in [6, 6.07) is -0.171. The van der Waals surface area contributed by atoms with Crippen LogP contribution in [0, 0.1) is 11.8 Å². The Morgan fingerprint density at radius 2 is 1.52 bits per heavy atom. The average molecular weight is 327 g/mol. The lowest BCUT2D eigenvalue weighted by Crippen LogP contribution is -2.39. The van der Waals surface area contributed by atoms with E-state index in [9.17, 15) is 14.4 Å². The number of hydrogen-bond donors (Lipinski definition) is 1. The largest absolute Gasteiger partial charge is 0.465 e. The number of esters is 2. The molecule has 0 aromatic rings. The van der Waals surface area contributed by atoms with Gasteiger partial charge in [-0.3, -0.25) is 9.59 Å². The molecule has 0 spiro atoms. The first-order chi connectivity index (χ1) is 11.0. The van der Waals surface area contributed by atoms with Crippen LogP contribution in [0.5, 0.6) is 0 Å². The molecule has 0 unspecified atom stereocenters. The number of allylic oxidation sites excluding steroid dienone is 1. The van der Waals surface area contributed by atoms with Crippen molar-refractivity contribution < 1.29 is 28.6 Å². The van der Waals surface area contributed by atoms with E-state index in [0.29, 0.717) is 19.4 Å². The minimum absolute atomic E-state index is 0.171. The number of ether oxygens (including phenoxy) is 3. The molecule has 7 nitrogen and oxygen atoms in total. The molecule has 0 fully saturated rings. The molecular weight excluding hydrogens is 302 g/mol. The molecule has 0 saturated carbocycles. The molecule has 1 amide bonds. The molecule has 2 atom stereocenters. The number of rotatable bonds is 7. The molecule has 1 aliphatic rings. The highest BCUT2D eigenvalue weighted by Crippen LogP contribution is 2.27. The van der Waals surface area contributed by atoms with Gasteiger partial charge in [-0.25, -0.2) is 4.79 Å². The average Bonchev–Trinajstić information content (AvgIpc) is 2.50. The van der Waals surface area contributed by atoms with Crippen LogP contribution >= 0.6 is 0 Å². The lowest BCUT2D eigenvalue weighted by molar-refractivity contribution is -0.163. The minimum Gasteiger partial charge on any atom is -0.465 e. The molecule has 0 heterocycles. The number of carbonyl (C=O) groups excluding carboxylic acids is 3. The van der Waals surface area contributed by atoms with Crippen molar-refractivity contribution in [3.8, 4) is 0 Å². The van der Waals surface area contributed by atoms with Crippen molar-refractivity contribution >= 4 is 18.0 Å². The van der Waals surface area contributed by atoms with Crippen LogP contribution in [-0.4, -0.2) is 43.9 Å². The maximum atomic E-state index is 12.1. The van der Waals surface area contributed by atoms with Gasteiger partial charge >= 0.3 is 18.0 Å². The summed E-state index contributed by atoms with van der Waals surface area (Å²) in [5.74, 6) is -2.40. The Hall–Kier alpha value is -2.05. The van der Waals surface area contributed by atoms with Gasteiger partial charge in [0.2, 0.25) is 0 Å². The minimum atomic E-state index is -0.963. The van der Waals surface area contributed by atoms with E-state index >= 15 is 0 Å². The van der Waals surface area contributed by atoms with Crippen molar-refractivity contribution in [3.05, 3.63) is 12.2 Å². The number of nitrogens with one attached hydrogen (secondary N) is 1. The molecule has 0 aromatic heterocycles. The van der Waals surface area contributed by atoms with Crippen LogP contribution in [0.3, 0.4) is 0 Å². The Balaban J connectivity index is 2.72. The highest BCUT2D eigenvalue weighted by Gasteiger charge is 2.37. The summed E-state index contributed by atoms with van der Waals surface area (Å²) >= 11 is 0. The van der Waals surface area contributed by atoms with Crippen LogP contribution < -0.4 is 5.32 Å². The van der Waals surface area contributed by atoms with Gasteiger partial charge in [-0.1, -0.05) is 12.2 Å². The molecular formula is C16H25NO6. The summed E-state index contributed by atoms with van der Waals surface area (Å²) in [5.41, 5.74) is 0. The van der Waals surface area contributed by atoms with E-state index in [1.807, 2.05) is 0 Å². The second kappa shape index (κ2) is 9.86. The summed E-state index contributed by atoms with van der Waals surface area (Å²) in [5, 5.41) is 2.71. The standard InChI is InChI=1S/C16H25NO6/c1-4-21-14(18)13(15(19)22-5-2)11-7-9-12(10-8-11)17-16(20)23-6-3/h7,9,11-13H,4-6,8,10H2,1-3H3,(H,17,20)/t11-,12+/m0/s1. The van der Waals surface area contributed by atoms with Crippen molar-refractivity contribution in [1.82, 2.24) is 5.32 Å². The molecule has 0 bridgehead atoms. The maximum absolute atomic E-state index is 12.1. The second-order valence-corrected chi connectivity index (χ2v) is 5.08. The Labute approximate surface area is 136 Å². The van der Waals surface area contributed by atoms with E-state index in [1.165, 1.54) is 0 Å². The fourth-order valence-corrected chi connectivity index (χ4v) is 2.47. The van der Waals surface area contributed by atoms with Crippen LogP contribution in [0.2, 0.25) is 0 Å². The highest BCUT2D eigenvalue weighted by molar-refractivity contribution is 5.95. The van der Waals surface area contributed by atoms with Gasteiger partial charge in [-0.05, 0) is 33.6 Å². The van der Waals surface area contributed by atoms with Crippen LogP contribution in [0.4, 0.5) is 4.79 Å². The number of carbonyl (C=O) groups is 3. The van der Waals surface area contributed by atoms with Gasteiger partial charge in [0.1, 0.15) is 0 Å². The molecule has 0 aromatic carbocycles. The quantitative estimate of drug-likeness (QED) is 0.332. The Bertz CT molecular complexity index is 430. The van der Waals surface area contributed by atoms with Gasteiger partial charge < -0.3 is 19.5 Å². The third kappa shape index (κ3) is 5.92. The zero-order valence-corrected chi connectivity index (χ0v) is 13.9. The summed E-state index contributed by atoms with van der Waals surface area (Å²) in [6.07, 6.45) is 4.23. The third-order valence-electron chi connectivity index (χ3n) is 3.49. The zero-order valence-electron chi connectivity index (χ0n) is 13.9. The van der Waals surface area contributed by atoms with Crippen molar-refractivity contribution in [2.75, 3.05) is 19.8 Å². The Morgan fingerprint density at radius 1 is 0.957 bits per heavy atom. The summed E-state index contributed by atoms with van der Waals surface area (Å²) in [6.45, 7) is 5.83. The van der Waals surface area contributed by atoms with Crippen molar-refractivity contribution in [2.45, 2.75) is 39.7 Å². The SMILES string of the molecule is CCOC(=O)N[C@@H]1C=C[C@H](C(C(=O)OCC)C(=O)OCC)CC1. The van der Waals surface area contributed by atoms with Crippen molar-refractivity contribution in [3.63, 3.8) is 0 Å². The monoisotopic (exact) mass is 327 g/mol. The maximum Gasteiger partial charge on any atom is 0.407 e. The van der Waals surface area contributed by atoms with Gasteiger partial charge in [0.05, 0.1) is 25.9 Å². The van der Waals surface area contributed by atoms with Crippen molar-refractivity contribution in [2.24, 2.45) is 11.8 Å². The van der Waals surface area contributed by atoms with Gasteiger partial charge in [-0.15, -0.1) is 0 Å². The van der Waals surface area contributed by atoms with Gasteiger partial charge in [0, 0.05) is 5.92 Å². The second-order valence-electron chi connectivity index (χ2n) is 5.08. The van der Waals surface area contributed by atoms with E-state index < -0.39 is 23.9 Å². The van der Waals surface area contributed by atoms with E-state index in [1.54, 1.807) is 32.9 Å². The molecule has 7 heteroatoms. The summed E-state index contributed by atoms with van der Waals surface area (Å²) < 4.78 is 14.8. The summed E-state index contributed by atoms with van der Waals surface area (Å²) in [7, 11) is 0. The molecule has 1 rings (SSSR count). The fraction of sp³-hybridized carbons (Fsp3) is 0.688. The van der Waals surface area contributed by atoms with Crippen molar-refractivity contribution in [1.29, 1.82) is 0 Å². The first-order valence-electron chi connectivity index (χ1n) is 7.98. The predicted molar refractivity (Wildman–Crippen MR) is 82.6 cm³/mol. The van der Waals surface area contributed by atoms with E-state index in [-0.39, 0.29) is 25.2 Å². The number of hydrogen-bond acceptors (Lipinski definition) is 6. The topological polar surface area (TPSA) is 90.9 Å². The Morgan fingerprint density at radius 3 is 1.96 bits per heavy atom.